The van der Waals surface area contributed by atoms with E-state index in [4.69, 9.17) is 23.2 Å². The fourth-order valence-electron chi connectivity index (χ4n) is 5.49. The van der Waals surface area contributed by atoms with E-state index >= 15 is 0 Å². The number of benzene rings is 2. The van der Waals surface area contributed by atoms with Gasteiger partial charge in [-0.05, 0) is 84.7 Å². The van der Waals surface area contributed by atoms with E-state index in [1.807, 2.05) is 24.3 Å². The molecule has 28 heavy (non-hydrogen) atoms. The van der Waals surface area contributed by atoms with E-state index in [9.17, 15) is 4.39 Å². The van der Waals surface area contributed by atoms with Crippen LogP contribution >= 0.6 is 35.1 Å². The molecule has 0 aromatic heterocycles. The normalized spacial score (nSPS) is 23.0. The zero-order valence-corrected chi connectivity index (χ0v) is 18.1. The molecule has 3 aliphatic carbocycles. The van der Waals surface area contributed by atoms with Gasteiger partial charge in [0.05, 0.1) is 10.0 Å². The topological polar surface area (TPSA) is 12.0 Å². The lowest BCUT2D eigenvalue weighted by Crippen LogP contribution is -2.33. The Hall–Kier alpha value is -0.740. The number of hydrogen-bond acceptors (Lipinski definition) is 2. The molecule has 2 aromatic rings. The van der Waals surface area contributed by atoms with E-state index in [1.54, 1.807) is 18.0 Å². The summed E-state index contributed by atoms with van der Waals surface area (Å²) in [5, 5.41) is 1.19. The van der Waals surface area contributed by atoms with E-state index in [0.29, 0.717) is 21.4 Å². The molecule has 5 rings (SSSR count). The second kappa shape index (κ2) is 7.19. The Kier molecular flexibility index (Phi) is 4.94. The summed E-state index contributed by atoms with van der Waals surface area (Å²) in [6, 6.07) is 11.5. The number of nitrogens with one attached hydrogen (secondary N) is 1. The van der Waals surface area contributed by atoms with Crippen molar-refractivity contribution in [2.45, 2.75) is 55.6 Å². The summed E-state index contributed by atoms with van der Waals surface area (Å²) in [4.78, 5) is 0. The molecule has 2 fully saturated rings. The third-order valence-corrected chi connectivity index (χ3v) is 8.76. The van der Waals surface area contributed by atoms with Crippen LogP contribution in [-0.4, -0.2) is 6.54 Å². The average Bonchev–Trinajstić information content (AvgIpc) is 3.58. The van der Waals surface area contributed by atoms with Crippen LogP contribution in [0.2, 0.25) is 10.0 Å². The molecule has 0 amide bonds. The lowest BCUT2D eigenvalue weighted by Gasteiger charge is -2.40. The minimum Gasteiger partial charge on any atom is -0.264 e. The van der Waals surface area contributed by atoms with E-state index in [1.165, 1.54) is 37.7 Å². The van der Waals surface area contributed by atoms with Crippen molar-refractivity contribution in [3.63, 3.8) is 0 Å². The van der Waals surface area contributed by atoms with Gasteiger partial charge in [-0.25, -0.2) is 4.39 Å². The second-order valence-corrected chi connectivity index (χ2v) is 10.4. The molecule has 0 bridgehead atoms. The van der Waals surface area contributed by atoms with Gasteiger partial charge in [-0.3, -0.25) is 4.72 Å². The third kappa shape index (κ3) is 3.19. The lowest BCUT2D eigenvalue weighted by molar-refractivity contribution is 0.277. The van der Waals surface area contributed by atoms with Gasteiger partial charge in [0, 0.05) is 17.7 Å². The summed E-state index contributed by atoms with van der Waals surface area (Å²) < 4.78 is 18.3. The summed E-state index contributed by atoms with van der Waals surface area (Å²) in [7, 11) is 0. The zero-order chi connectivity index (χ0) is 19.4. The quantitative estimate of drug-likeness (QED) is 0.378. The van der Waals surface area contributed by atoms with Gasteiger partial charge in [0.15, 0.2) is 0 Å². The molecule has 1 unspecified atom stereocenters. The molecule has 3 aliphatic rings. The third-order valence-electron chi connectivity index (χ3n) is 7.14. The summed E-state index contributed by atoms with van der Waals surface area (Å²) in [5.74, 6) is 1.35. The Morgan fingerprint density at radius 1 is 1.07 bits per heavy atom. The van der Waals surface area contributed by atoms with Gasteiger partial charge < -0.3 is 0 Å². The van der Waals surface area contributed by atoms with Crippen LogP contribution in [0.1, 0.15) is 61.1 Å². The Bertz CT molecular complexity index is 907. The van der Waals surface area contributed by atoms with Crippen molar-refractivity contribution in [1.29, 1.82) is 0 Å². The molecule has 0 radical (unpaired) electrons. The van der Waals surface area contributed by atoms with Crippen LogP contribution in [0.15, 0.2) is 36.4 Å². The van der Waals surface area contributed by atoms with Crippen LogP contribution in [0.4, 0.5) is 4.39 Å². The largest absolute Gasteiger partial charge is 0.264 e. The summed E-state index contributed by atoms with van der Waals surface area (Å²) >= 11 is 13.8. The first-order valence-corrected chi connectivity index (χ1v) is 11.9. The van der Waals surface area contributed by atoms with Gasteiger partial charge in [-0.2, -0.15) is 0 Å². The Morgan fingerprint density at radius 3 is 2.61 bits per heavy atom. The van der Waals surface area contributed by atoms with Crippen LogP contribution in [0.5, 0.6) is 0 Å². The highest BCUT2D eigenvalue weighted by atomic mass is 35.5. The standard InChI is InChI=1S/C23H24Cl2FNS/c24-18-5-4-15(12-19(18)25)14-28-27-11-6-16-13-22(7-8-22)23(9-10-23)21-17(16)2-1-3-20(21)26/h1-5,12,16,27H,6-11,13-14H2. The SMILES string of the molecule is Fc1cccc2c1C1(CC1)C1(CC1)CC2CCNSCc1ccc(Cl)c(Cl)c1. The number of fused-ring (bicyclic) bond motifs is 3. The van der Waals surface area contributed by atoms with Gasteiger partial charge in [-0.15, -0.1) is 0 Å². The van der Waals surface area contributed by atoms with Crippen LogP contribution in [0.25, 0.3) is 0 Å². The molecule has 5 heteroatoms. The van der Waals surface area contributed by atoms with E-state index in [0.717, 1.165) is 29.8 Å². The first-order chi connectivity index (χ1) is 13.5. The van der Waals surface area contributed by atoms with Gasteiger partial charge >= 0.3 is 0 Å². The van der Waals surface area contributed by atoms with Crippen LogP contribution in [-0.2, 0) is 11.2 Å². The highest BCUT2D eigenvalue weighted by Crippen LogP contribution is 2.76. The highest BCUT2D eigenvalue weighted by molar-refractivity contribution is 7.96. The molecule has 0 saturated heterocycles. The molecular weight excluding hydrogens is 412 g/mol. The first kappa shape index (κ1) is 19.2. The molecular formula is C23H24Cl2FNS. The van der Waals surface area contributed by atoms with Crippen molar-refractivity contribution in [3.05, 3.63) is 69.0 Å². The van der Waals surface area contributed by atoms with Crippen LogP contribution in [0.3, 0.4) is 0 Å². The molecule has 2 spiro atoms. The van der Waals surface area contributed by atoms with Gasteiger partial charge in [0.1, 0.15) is 5.82 Å². The summed E-state index contributed by atoms with van der Waals surface area (Å²) in [6.45, 7) is 0.926. The predicted octanol–water partition coefficient (Wildman–Crippen LogP) is 7.26. The number of halogens is 3. The molecule has 148 valence electrons. The fourth-order valence-corrected chi connectivity index (χ4v) is 6.52. The maximum atomic E-state index is 14.8. The average molecular weight is 436 g/mol. The molecule has 2 aromatic carbocycles. The number of hydrogen-bond donors (Lipinski definition) is 1. The lowest BCUT2D eigenvalue weighted by atomic mass is 9.64. The second-order valence-electron chi connectivity index (χ2n) is 8.69. The van der Waals surface area contributed by atoms with Crippen molar-refractivity contribution in [3.8, 4) is 0 Å². The van der Waals surface area contributed by atoms with Crippen LogP contribution < -0.4 is 4.72 Å². The van der Waals surface area contributed by atoms with Gasteiger partial charge in [0.2, 0.25) is 0 Å². The molecule has 1 nitrogen and oxygen atoms in total. The molecule has 0 heterocycles. The van der Waals surface area contributed by atoms with E-state index < -0.39 is 0 Å². The van der Waals surface area contributed by atoms with Gasteiger partial charge in [0.25, 0.3) is 0 Å². The van der Waals surface area contributed by atoms with Gasteiger partial charge in [-0.1, -0.05) is 53.3 Å². The number of rotatable bonds is 6. The van der Waals surface area contributed by atoms with Crippen molar-refractivity contribution >= 4 is 35.1 Å². The first-order valence-electron chi connectivity index (χ1n) is 10.1. The highest BCUT2D eigenvalue weighted by Gasteiger charge is 2.69. The Labute approximate surface area is 180 Å². The summed E-state index contributed by atoms with van der Waals surface area (Å²) in [6.07, 6.45) is 7.25. The minimum absolute atomic E-state index is 0.0351. The maximum absolute atomic E-state index is 14.8. The van der Waals surface area contributed by atoms with Crippen molar-refractivity contribution in [2.75, 3.05) is 6.54 Å². The Balaban J connectivity index is 1.22. The molecule has 2 saturated carbocycles. The van der Waals surface area contributed by atoms with Crippen molar-refractivity contribution in [2.24, 2.45) is 5.41 Å². The van der Waals surface area contributed by atoms with Crippen molar-refractivity contribution < 1.29 is 4.39 Å². The maximum Gasteiger partial charge on any atom is 0.127 e. The Morgan fingerprint density at radius 2 is 1.89 bits per heavy atom. The predicted molar refractivity (Wildman–Crippen MR) is 117 cm³/mol. The fraction of sp³-hybridized carbons (Fsp3) is 0.478. The molecule has 0 aliphatic heterocycles. The van der Waals surface area contributed by atoms with Crippen molar-refractivity contribution in [1.82, 2.24) is 4.72 Å². The summed E-state index contributed by atoms with van der Waals surface area (Å²) in [5.41, 5.74) is 4.10. The van der Waals surface area contributed by atoms with E-state index in [2.05, 4.69) is 10.8 Å². The zero-order valence-electron chi connectivity index (χ0n) is 15.7. The monoisotopic (exact) mass is 435 g/mol. The minimum atomic E-state index is 0.0351. The van der Waals surface area contributed by atoms with Crippen LogP contribution in [0, 0.1) is 11.2 Å². The molecule has 1 N–H and O–H groups in total. The smallest absolute Gasteiger partial charge is 0.127 e. The van der Waals surface area contributed by atoms with E-state index in [-0.39, 0.29) is 11.2 Å². The molecule has 1 atom stereocenters.